The van der Waals surface area contributed by atoms with E-state index in [2.05, 4.69) is 148 Å². The number of fused-ring (bicyclic) bond motifs is 8. The van der Waals surface area contributed by atoms with E-state index in [1.54, 1.807) is 22.7 Å². The van der Waals surface area contributed by atoms with Gasteiger partial charge in [-0.15, -0.1) is 22.7 Å². The molecule has 8 bridgehead atoms. The summed E-state index contributed by atoms with van der Waals surface area (Å²) in [5, 5.41) is 0. The van der Waals surface area contributed by atoms with Crippen LogP contribution in [0.25, 0.3) is 76.5 Å². The van der Waals surface area contributed by atoms with Crippen LogP contribution in [0, 0.1) is 20.8 Å². The molecule has 4 heteroatoms. The van der Waals surface area contributed by atoms with Gasteiger partial charge in [-0.25, -0.2) is 9.97 Å². The molecule has 0 amide bonds. The minimum Gasteiger partial charge on any atom is -0.248 e. The molecule has 8 rings (SSSR count). The summed E-state index contributed by atoms with van der Waals surface area (Å²) in [5.74, 6) is 0. The summed E-state index contributed by atoms with van der Waals surface area (Å²) in [5.41, 5.74) is 14.6. The summed E-state index contributed by atoms with van der Waals surface area (Å²) in [6.07, 6.45) is 8.66. The van der Waals surface area contributed by atoms with Gasteiger partial charge in [0.05, 0.1) is 22.8 Å². The van der Waals surface area contributed by atoms with Crippen LogP contribution in [0.15, 0.2) is 103 Å². The minimum atomic E-state index is 0.962. The molecule has 0 radical (unpaired) electrons. The smallest absolute Gasteiger partial charge is 0.0730 e. The van der Waals surface area contributed by atoms with Gasteiger partial charge in [-0.1, -0.05) is 89.5 Å². The lowest BCUT2D eigenvalue weighted by atomic mass is 10.0. The molecule has 0 atom stereocenters. The quantitative estimate of drug-likeness (QED) is 0.198. The molecular weight excluding hydrogens is 585 g/mol. The van der Waals surface area contributed by atoms with E-state index in [-0.39, 0.29) is 0 Å². The Morgan fingerprint density at radius 2 is 0.800 bits per heavy atom. The van der Waals surface area contributed by atoms with Gasteiger partial charge in [0.25, 0.3) is 0 Å². The Balaban J connectivity index is 1.52. The lowest BCUT2D eigenvalue weighted by molar-refractivity contribution is 1.33. The van der Waals surface area contributed by atoms with Gasteiger partial charge in [0.15, 0.2) is 0 Å². The van der Waals surface area contributed by atoms with Gasteiger partial charge in [0.2, 0.25) is 0 Å². The molecule has 0 spiro atoms. The molecule has 0 unspecified atom stereocenters. The maximum absolute atomic E-state index is 5.38. The zero-order valence-corrected chi connectivity index (χ0v) is 27.0. The fourth-order valence-electron chi connectivity index (χ4n) is 5.97. The predicted octanol–water partition coefficient (Wildman–Crippen LogP) is 12.0. The number of aryl methyl sites for hydroxylation is 3. The average Bonchev–Trinajstić information content (AvgIpc) is 3.87. The monoisotopic (exact) mass is 614 g/mol. The highest BCUT2D eigenvalue weighted by atomic mass is 32.1. The zero-order chi connectivity index (χ0) is 30.5. The average molecular weight is 615 g/mol. The lowest BCUT2D eigenvalue weighted by Gasteiger charge is -2.06. The second kappa shape index (κ2) is 11.2. The van der Waals surface area contributed by atoms with Gasteiger partial charge >= 0.3 is 0 Å². The number of aromatic nitrogens is 2. The number of hydrogen-bond donors (Lipinski definition) is 0. The molecule has 3 aromatic carbocycles. The van der Waals surface area contributed by atoms with Crippen LogP contribution in [0.2, 0.25) is 0 Å². The van der Waals surface area contributed by atoms with Crippen molar-refractivity contribution in [3.05, 3.63) is 143 Å². The first-order valence-electron chi connectivity index (χ1n) is 15.1. The van der Waals surface area contributed by atoms with Crippen LogP contribution in [0.1, 0.15) is 39.5 Å². The van der Waals surface area contributed by atoms with E-state index in [1.165, 1.54) is 46.6 Å². The maximum atomic E-state index is 5.38. The summed E-state index contributed by atoms with van der Waals surface area (Å²) < 4.78 is 4.73. The van der Waals surface area contributed by atoms with E-state index >= 15 is 0 Å². The molecule has 0 fully saturated rings. The summed E-state index contributed by atoms with van der Waals surface area (Å²) in [7, 11) is 0. The predicted molar refractivity (Wildman–Crippen MR) is 196 cm³/mol. The molecule has 45 heavy (non-hydrogen) atoms. The third kappa shape index (κ3) is 5.27. The second-order valence-corrected chi connectivity index (χ2v) is 13.9. The van der Waals surface area contributed by atoms with Gasteiger partial charge in [0.1, 0.15) is 0 Å². The molecule has 0 aliphatic carbocycles. The van der Waals surface area contributed by atoms with Crippen LogP contribution < -0.4 is 0 Å². The zero-order valence-electron chi connectivity index (χ0n) is 25.3. The molecule has 6 aromatic rings. The molecule has 5 heterocycles. The van der Waals surface area contributed by atoms with E-state index in [0.717, 1.165) is 45.0 Å². The van der Waals surface area contributed by atoms with Crippen LogP contribution in [0.4, 0.5) is 0 Å². The normalized spacial score (nSPS) is 12.2. The van der Waals surface area contributed by atoms with Crippen molar-refractivity contribution < 1.29 is 0 Å². The summed E-state index contributed by atoms with van der Waals surface area (Å²) in [6.45, 7) is 6.39. The number of rotatable bonds is 3. The Morgan fingerprint density at radius 3 is 1.29 bits per heavy atom. The molecule has 3 aromatic heterocycles. The molecular formula is C41H30N2S2. The SMILES string of the molecule is Cc1ccc(-c2c3nc(c(-c4ccc(C)cc4)c4ccc(s4)c(-c4ccc(C)cc4)c4nc(cc5ccc2s5)C=C4)C=C3)cc1. The molecule has 2 aliphatic rings. The third-order valence-electron chi connectivity index (χ3n) is 8.35. The van der Waals surface area contributed by atoms with Crippen LogP contribution in [-0.4, -0.2) is 9.97 Å². The van der Waals surface area contributed by atoms with Crippen LogP contribution in [0.3, 0.4) is 0 Å². The van der Waals surface area contributed by atoms with Crippen molar-refractivity contribution in [2.24, 2.45) is 0 Å². The van der Waals surface area contributed by atoms with Crippen LogP contribution in [-0.2, 0) is 0 Å². The van der Waals surface area contributed by atoms with Gasteiger partial charge in [-0.05, 0) is 92.1 Å². The summed E-state index contributed by atoms with van der Waals surface area (Å²) >= 11 is 3.59. The number of hydrogen-bond acceptors (Lipinski definition) is 4. The highest BCUT2D eigenvalue weighted by Gasteiger charge is 2.17. The van der Waals surface area contributed by atoms with Crippen molar-refractivity contribution in [1.29, 1.82) is 0 Å². The lowest BCUT2D eigenvalue weighted by Crippen LogP contribution is -1.86. The van der Waals surface area contributed by atoms with E-state index in [4.69, 9.17) is 9.97 Å². The van der Waals surface area contributed by atoms with Crippen molar-refractivity contribution >= 4 is 65.8 Å². The van der Waals surface area contributed by atoms with Crippen molar-refractivity contribution in [2.45, 2.75) is 20.8 Å². The molecule has 0 saturated carbocycles. The Bertz CT molecular complexity index is 2270. The maximum Gasteiger partial charge on any atom is 0.0730 e. The molecule has 216 valence electrons. The topological polar surface area (TPSA) is 25.8 Å². The van der Waals surface area contributed by atoms with Crippen molar-refractivity contribution in [3.8, 4) is 33.4 Å². The number of thiophene rings is 2. The van der Waals surface area contributed by atoms with Crippen molar-refractivity contribution in [2.75, 3.05) is 0 Å². The number of nitrogens with zero attached hydrogens (tertiary/aromatic N) is 2. The fourth-order valence-corrected chi connectivity index (χ4v) is 8.15. The Morgan fingerprint density at radius 1 is 0.400 bits per heavy atom. The standard InChI is InChI=1S/C41H30N2S2/c1-25-4-10-28(11-5-25)39-33-18-16-31(42-33)24-32-17-21-36(44-32)40(29-12-6-26(2)7-13-29)34-19-20-35(43-34)41(38-23-22-37(39)45-38)30-14-8-27(3)9-15-30/h4-24H,1-3H3. The largest absolute Gasteiger partial charge is 0.248 e. The molecule has 2 nitrogen and oxygen atoms in total. The second-order valence-electron chi connectivity index (χ2n) is 11.7. The van der Waals surface area contributed by atoms with E-state index in [9.17, 15) is 0 Å². The minimum absolute atomic E-state index is 0.962. The summed E-state index contributed by atoms with van der Waals surface area (Å²) in [6, 6.07) is 37.5. The molecule has 0 saturated heterocycles. The van der Waals surface area contributed by atoms with Crippen LogP contribution in [0.5, 0.6) is 0 Å². The number of benzene rings is 3. The first kappa shape index (κ1) is 27.6. The van der Waals surface area contributed by atoms with Gasteiger partial charge < -0.3 is 0 Å². The van der Waals surface area contributed by atoms with Gasteiger partial charge in [0, 0.05) is 35.5 Å². The Kier molecular flexibility index (Phi) is 6.89. The Hall–Kier alpha value is -4.90. The van der Waals surface area contributed by atoms with Gasteiger partial charge in [-0.3, -0.25) is 0 Å². The first-order valence-corrected chi connectivity index (χ1v) is 16.8. The van der Waals surface area contributed by atoms with Gasteiger partial charge in [-0.2, -0.15) is 0 Å². The van der Waals surface area contributed by atoms with E-state index in [1.807, 2.05) is 0 Å². The first-order chi connectivity index (χ1) is 22.0. The summed E-state index contributed by atoms with van der Waals surface area (Å²) in [4.78, 5) is 10.5. The van der Waals surface area contributed by atoms with Crippen molar-refractivity contribution in [1.82, 2.24) is 9.97 Å². The highest BCUT2D eigenvalue weighted by molar-refractivity contribution is 7.24. The van der Waals surface area contributed by atoms with E-state index < -0.39 is 0 Å². The highest BCUT2D eigenvalue weighted by Crippen LogP contribution is 2.40. The molecule has 2 aliphatic heterocycles. The van der Waals surface area contributed by atoms with Crippen molar-refractivity contribution in [3.63, 3.8) is 0 Å². The Labute approximate surface area is 271 Å². The van der Waals surface area contributed by atoms with E-state index in [0.29, 0.717) is 0 Å². The third-order valence-corrected chi connectivity index (χ3v) is 10.5. The molecule has 0 N–H and O–H groups in total. The fraction of sp³-hybridized carbons (Fsp3) is 0.0732. The van der Waals surface area contributed by atoms with Crippen LogP contribution >= 0.6 is 22.7 Å².